The minimum absolute atomic E-state index is 0.0881. The zero-order valence-corrected chi connectivity index (χ0v) is 9.62. The molecule has 1 rings (SSSR count). The molecule has 0 aromatic heterocycles. The highest BCUT2D eigenvalue weighted by Crippen LogP contribution is 2.25. The van der Waals surface area contributed by atoms with Crippen LogP contribution in [-0.2, 0) is 9.53 Å². The van der Waals surface area contributed by atoms with Crippen LogP contribution in [0.5, 0.6) is 0 Å². The highest BCUT2D eigenvalue weighted by Gasteiger charge is 2.33. The van der Waals surface area contributed by atoms with Crippen LogP contribution in [0.2, 0.25) is 0 Å². The third-order valence-corrected chi connectivity index (χ3v) is 3.15. The summed E-state index contributed by atoms with van der Waals surface area (Å²) >= 11 is 0. The van der Waals surface area contributed by atoms with Gasteiger partial charge in [-0.05, 0) is 32.2 Å². The van der Waals surface area contributed by atoms with E-state index in [1.54, 1.807) is 0 Å². The van der Waals surface area contributed by atoms with Gasteiger partial charge in [-0.15, -0.1) is 0 Å². The molecule has 0 radical (unpaired) electrons. The number of esters is 1. The van der Waals surface area contributed by atoms with Crippen molar-refractivity contribution in [1.82, 2.24) is 4.90 Å². The van der Waals surface area contributed by atoms with Crippen LogP contribution in [0.25, 0.3) is 0 Å². The third-order valence-electron chi connectivity index (χ3n) is 3.15. The minimum Gasteiger partial charge on any atom is -0.468 e. The molecule has 3 nitrogen and oxygen atoms in total. The molecule has 1 aliphatic rings. The molecule has 0 N–H and O–H groups in total. The largest absolute Gasteiger partial charge is 0.468 e. The summed E-state index contributed by atoms with van der Waals surface area (Å²) in [5.41, 5.74) is 0. The first-order valence-corrected chi connectivity index (χ1v) is 5.41. The van der Waals surface area contributed by atoms with Crippen LogP contribution in [0.4, 0.5) is 0 Å². The number of hydrogen-bond donors (Lipinski definition) is 0. The summed E-state index contributed by atoms with van der Waals surface area (Å²) < 4.78 is 4.77. The standard InChI is InChI=1S/C11H21NO2/c1-8(2)10-6-5-7-12(10)9(3)11(13)14-4/h8-10H,5-7H2,1-4H3. The molecule has 2 atom stereocenters. The van der Waals surface area contributed by atoms with Gasteiger partial charge in [0, 0.05) is 6.04 Å². The molecule has 0 bridgehead atoms. The van der Waals surface area contributed by atoms with Crippen LogP contribution < -0.4 is 0 Å². The number of methoxy groups -OCH3 is 1. The maximum absolute atomic E-state index is 11.4. The first kappa shape index (κ1) is 11.5. The normalized spacial score (nSPS) is 25.4. The molecule has 2 unspecified atom stereocenters. The van der Waals surface area contributed by atoms with Gasteiger partial charge >= 0.3 is 5.97 Å². The summed E-state index contributed by atoms with van der Waals surface area (Å²) in [5.74, 6) is 0.502. The van der Waals surface area contributed by atoms with E-state index in [4.69, 9.17) is 4.74 Å². The van der Waals surface area contributed by atoms with Gasteiger partial charge in [-0.3, -0.25) is 9.69 Å². The van der Waals surface area contributed by atoms with Crippen molar-refractivity contribution in [3.05, 3.63) is 0 Å². The topological polar surface area (TPSA) is 29.5 Å². The molecular weight excluding hydrogens is 178 g/mol. The molecule has 0 saturated carbocycles. The maximum atomic E-state index is 11.4. The van der Waals surface area contributed by atoms with Gasteiger partial charge in [0.15, 0.2) is 0 Å². The molecular formula is C11H21NO2. The Morgan fingerprint density at radius 3 is 2.57 bits per heavy atom. The first-order valence-electron chi connectivity index (χ1n) is 5.41. The quantitative estimate of drug-likeness (QED) is 0.647. The fraction of sp³-hybridized carbons (Fsp3) is 0.909. The lowest BCUT2D eigenvalue weighted by Gasteiger charge is -2.31. The van der Waals surface area contributed by atoms with Crippen molar-refractivity contribution in [1.29, 1.82) is 0 Å². The summed E-state index contributed by atoms with van der Waals surface area (Å²) in [6.07, 6.45) is 2.41. The van der Waals surface area contributed by atoms with Crippen LogP contribution in [0.1, 0.15) is 33.6 Å². The smallest absolute Gasteiger partial charge is 0.322 e. The van der Waals surface area contributed by atoms with E-state index in [1.807, 2.05) is 6.92 Å². The highest BCUT2D eigenvalue weighted by molar-refractivity contribution is 5.75. The molecule has 3 heteroatoms. The Hall–Kier alpha value is -0.570. The van der Waals surface area contributed by atoms with E-state index in [-0.39, 0.29) is 12.0 Å². The molecule has 1 heterocycles. The van der Waals surface area contributed by atoms with Crippen LogP contribution >= 0.6 is 0 Å². The van der Waals surface area contributed by atoms with Gasteiger partial charge < -0.3 is 4.74 Å². The highest BCUT2D eigenvalue weighted by atomic mass is 16.5. The Morgan fingerprint density at radius 2 is 2.07 bits per heavy atom. The number of rotatable bonds is 3. The number of hydrogen-bond acceptors (Lipinski definition) is 3. The van der Waals surface area contributed by atoms with Gasteiger partial charge in [-0.25, -0.2) is 0 Å². The van der Waals surface area contributed by atoms with Gasteiger partial charge in [0.05, 0.1) is 7.11 Å². The van der Waals surface area contributed by atoms with E-state index in [0.29, 0.717) is 12.0 Å². The van der Waals surface area contributed by atoms with Gasteiger partial charge in [0.2, 0.25) is 0 Å². The zero-order chi connectivity index (χ0) is 10.7. The van der Waals surface area contributed by atoms with Crippen LogP contribution in [0, 0.1) is 5.92 Å². The average Bonchev–Trinajstić information content (AvgIpc) is 2.63. The Balaban J connectivity index is 2.62. The Bertz CT molecular complexity index is 203. The lowest BCUT2D eigenvalue weighted by molar-refractivity contribution is -0.146. The predicted octanol–water partition coefficient (Wildman–Crippen LogP) is 1.67. The van der Waals surface area contributed by atoms with Crippen molar-refractivity contribution in [3.8, 4) is 0 Å². The van der Waals surface area contributed by atoms with Gasteiger partial charge in [-0.1, -0.05) is 13.8 Å². The van der Waals surface area contributed by atoms with Gasteiger partial charge in [-0.2, -0.15) is 0 Å². The predicted molar refractivity (Wildman–Crippen MR) is 56.0 cm³/mol. The molecule has 1 aliphatic heterocycles. The van der Waals surface area contributed by atoms with Crippen molar-refractivity contribution in [2.75, 3.05) is 13.7 Å². The molecule has 0 aromatic carbocycles. The molecule has 82 valence electrons. The molecule has 0 amide bonds. The number of ether oxygens (including phenoxy) is 1. The fourth-order valence-electron chi connectivity index (χ4n) is 2.32. The summed E-state index contributed by atoms with van der Waals surface area (Å²) in [7, 11) is 1.46. The summed E-state index contributed by atoms with van der Waals surface area (Å²) in [6.45, 7) is 7.39. The zero-order valence-electron chi connectivity index (χ0n) is 9.62. The number of likely N-dealkylation sites (tertiary alicyclic amines) is 1. The average molecular weight is 199 g/mol. The van der Waals surface area contributed by atoms with E-state index in [0.717, 1.165) is 6.54 Å². The van der Waals surface area contributed by atoms with Crippen molar-refractivity contribution in [2.45, 2.75) is 45.7 Å². The molecule has 0 aliphatic carbocycles. The molecule has 0 aromatic rings. The van der Waals surface area contributed by atoms with E-state index in [9.17, 15) is 4.79 Å². The Kier molecular flexibility index (Phi) is 3.93. The molecule has 1 saturated heterocycles. The molecule has 14 heavy (non-hydrogen) atoms. The van der Waals surface area contributed by atoms with Crippen molar-refractivity contribution >= 4 is 5.97 Å². The minimum atomic E-state index is -0.113. The van der Waals surface area contributed by atoms with Gasteiger partial charge in [0.1, 0.15) is 6.04 Å². The molecule has 1 fully saturated rings. The number of carbonyl (C=O) groups excluding carboxylic acids is 1. The lowest BCUT2D eigenvalue weighted by atomic mass is 10.0. The van der Waals surface area contributed by atoms with E-state index < -0.39 is 0 Å². The van der Waals surface area contributed by atoms with E-state index in [2.05, 4.69) is 18.7 Å². The Morgan fingerprint density at radius 1 is 1.43 bits per heavy atom. The summed E-state index contributed by atoms with van der Waals surface area (Å²) in [5, 5.41) is 0. The monoisotopic (exact) mass is 199 g/mol. The Labute approximate surface area is 86.4 Å². The second-order valence-electron chi connectivity index (χ2n) is 4.39. The van der Waals surface area contributed by atoms with Crippen LogP contribution in [0.15, 0.2) is 0 Å². The first-order chi connectivity index (χ1) is 6.57. The summed E-state index contributed by atoms with van der Waals surface area (Å²) in [6, 6.07) is 0.457. The van der Waals surface area contributed by atoms with Gasteiger partial charge in [0.25, 0.3) is 0 Å². The fourth-order valence-corrected chi connectivity index (χ4v) is 2.32. The second-order valence-corrected chi connectivity index (χ2v) is 4.39. The maximum Gasteiger partial charge on any atom is 0.322 e. The number of nitrogens with zero attached hydrogens (tertiary/aromatic N) is 1. The SMILES string of the molecule is COC(=O)C(C)N1CCCC1C(C)C. The summed E-state index contributed by atoms with van der Waals surface area (Å²) in [4.78, 5) is 13.7. The van der Waals surface area contributed by atoms with Crippen molar-refractivity contribution < 1.29 is 9.53 Å². The van der Waals surface area contributed by atoms with Crippen LogP contribution in [-0.4, -0.2) is 36.6 Å². The third kappa shape index (κ3) is 2.27. The van der Waals surface area contributed by atoms with Crippen molar-refractivity contribution in [3.63, 3.8) is 0 Å². The van der Waals surface area contributed by atoms with Crippen molar-refractivity contribution in [2.24, 2.45) is 5.92 Å². The lowest BCUT2D eigenvalue weighted by Crippen LogP contribution is -2.44. The second kappa shape index (κ2) is 4.78. The van der Waals surface area contributed by atoms with Crippen LogP contribution in [0.3, 0.4) is 0 Å². The molecule has 0 spiro atoms. The van der Waals surface area contributed by atoms with E-state index in [1.165, 1.54) is 20.0 Å². The number of carbonyl (C=O) groups is 1. The van der Waals surface area contributed by atoms with E-state index >= 15 is 0 Å².